The lowest BCUT2D eigenvalue weighted by Gasteiger charge is -2.25. The molecule has 0 bridgehead atoms. The van der Waals surface area contributed by atoms with E-state index in [9.17, 15) is 0 Å². The molecule has 10 aromatic carbocycles. The maximum atomic E-state index is 2.59. The summed E-state index contributed by atoms with van der Waals surface area (Å²) in [4.78, 5) is 0. The molecule has 0 atom stereocenters. The lowest BCUT2D eigenvalue weighted by atomic mass is 9.77. The molecule has 0 amide bonds. The first-order valence-electron chi connectivity index (χ1n) is 26.7. The standard InChI is InChI=1S/C73H56N2/c1-71(2)57-33-21-19-31-51(57)53-37-35-49(43-59(53)71)74-61-41-39-55-56-40-42-62-66(68(56)73(5,6)67(55)65(61)63(45-23-11-7-12-24-45)69(74)47-27-15-9-16-28-47)64(46-25-13-8-14-26-46)70(48-29-17-10-18-30-48)75(62)50-36-38-54-52-32-20-22-34-58(52)72(3,4)60(54)44-50/h7-44H,1-6H3. The monoisotopic (exact) mass is 960 g/mol. The Labute approximate surface area is 439 Å². The number of hydrogen-bond acceptors (Lipinski definition) is 0. The fourth-order valence-electron chi connectivity index (χ4n) is 14.3. The summed E-state index contributed by atoms with van der Waals surface area (Å²) < 4.78 is 5.18. The van der Waals surface area contributed by atoms with Gasteiger partial charge in [-0.25, -0.2) is 0 Å². The molecule has 2 heterocycles. The van der Waals surface area contributed by atoms with Gasteiger partial charge in [0.05, 0.1) is 22.4 Å². The SMILES string of the molecule is CC1(C)c2ccccc2-c2ccc(-n3c(-c4ccccc4)c(-c4ccccc4)c4c5c(ccc43)-c3ccc4c(c(-c6ccccc6)c(-c6ccccc6)n4-c4ccc6c(c4)C(C)(C)c4ccccc4-6)c3C5(C)C)cc21. The van der Waals surface area contributed by atoms with Crippen LogP contribution in [0, 0.1) is 0 Å². The van der Waals surface area contributed by atoms with Crippen molar-refractivity contribution in [3.05, 3.63) is 264 Å². The van der Waals surface area contributed by atoms with Crippen molar-refractivity contribution in [1.29, 1.82) is 0 Å². The van der Waals surface area contributed by atoms with Crippen LogP contribution in [0.5, 0.6) is 0 Å². The zero-order chi connectivity index (χ0) is 50.5. The summed E-state index contributed by atoms with van der Waals surface area (Å²) in [7, 11) is 0. The maximum Gasteiger partial charge on any atom is 0.0619 e. The van der Waals surface area contributed by atoms with Gasteiger partial charge in [-0.05, 0) is 125 Å². The van der Waals surface area contributed by atoms with Crippen LogP contribution in [-0.4, -0.2) is 9.13 Å². The molecular weight excluding hydrogens is 905 g/mol. The van der Waals surface area contributed by atoms with Gasteiger partial charge >= 0.3 is 0 Å². The van der Waals surface area contributed by atoms with Crippen LogP contribution in [0.2, 0.25) is 0 Å². The second kappa shape index (κ2) is 15.7. The van der Waals surface area contributed by atoms with Crippen LogP contribution in [0.1, 0.15) is 74.9 Å². The van der Waals surface area contributed by atoms with Gasteiger partial charge < -0.3 is 9.13 Å². The van der Waals surface area contributed by atoms with Gasteiger partial charge in [0.2, 0.25) is 0 Å². The fraction of sp³-hybridized carbons (Fsp3) is 0.123. The van der Waals surface area contributed by atoms with E-state index in [1.807, 2.05) is 0 Å². The van der Waals surface area contributed by atoms with Crippen molar-refractivity contribution in [3.8, 4) is 89.5 Å². The van der Waals surface area contributed by atoms with Crippen LogP contribution in [0.25, 0.3) is 111 Å². The smallest absolute Gasteiger partial charge is 0.0619 e. The van der Waals surface area contributed by atoms with E-state index < -0.39 is 5.41 Å². The van der Waals surface area contributed by atoms with Crippen molar-refractivity contribution in [3.63, 3.8) is 0 Å². The molecule has 0 fully saturated rings. The molecule has 0 spiro atoms. The number of benzene rings is 10. The predicted octanol–water partition coefficient (Wildman–Crippen LogP) is 19.2. The molecule has 75 heavy (non-hydrogen) atoms. The van der Waals surface area contributed by atoms with Gasteiger partial charge in [-0.15, -0.1) is 0 Å². The molecule has 0 saturated heterocycles. The first-order valence-corrected chi connectivity index (χ1v) is 26.7. The Balaban J connectivity index is 1.05. The molecule has 0 saturated carbocycles. The van der Waals surface area contributed by atoms with Crippen LogP contribution < -0.4 is 0 Å². The summed E-state index contributed by atoms with van der Waals surface area (Å²) in [6, 6.07) is 86.8. The minimum atomic E-state index is -0.444. The average molecular weight is 961 g/mol. The molecule has 0 aliphatic heterocycles. The topological polar surface area (TPSA) is 9.86 Å². The second-order valence-corrected chi connectivity index (χ2v) is 22.8. The van der Waals surface area contributed by atoms with Crippen molar-refractivity contribution in [2.75, 3.05) is 0 Å². The lowest BCUT2D eigenvalue weighted by Crippen LogP contribution is -2.16. The Hall–Kier alpha value is -8.72. The molecule has 3 aliphatic rings. The molecule has 2 aromatic heterocycles. The summed E-state index contributed by atoms with van der Waals surface area (Å²) in [6.45, 7) is 14.6. The van der Waals surface area contributed by atoms with Crippen molar-refractivity contribution in [2.24, 2.45) is 0 Å². The van der Waals surface area contributed by atoms with Gasteiger partial charge in [-0.3, -0.25) is 0 Å². The second-order valence-electron chi connectivity index (χ2n) is 22.8. The zero-order valence-electron chi connectivity index (χ0n) is 43.3. The van der Waals surface area contributed by atoms with E-state index in [2.05, 4.69) is 281 Å². The number of hydrogen-bond donors (Lipinski definition) is 0. The third kappa shape index (κ3) is 5.97. The molecule has 3 aliphatic carbocycles. The average Bonchev–Trinajstić information content (AvgIpc) is 4.35. The van der Waals surface area contributed by atoms with Crippen LogP contribution >= 0.6 is 0 Å². The largest absolute Gasteiger partial charge is 0.309 e. The molecule has 358 valence electrons. The van der Waals surface area contributed by atoms with E-state index in [0.29, 0.717) is 0 Å². The molecule has 0 unspecified atom stereocenters. The van der Waals surface area contributed by atoms with Crippen LogP contribution in [0.4, 0.5) is 0 Å². The molecule has 0 radical (unpaired) electrons. The summed E-state index contributed by atoms with van der Waals surface area (Å²) in [5.41, 5.74) is 29.9. The Morgan fingerprint density at radius 3 is 0.973 bits per heavy atom. The van der Waals surface area contributed by atoms with Gasteiger partial charge in [0, 0.05) is 49.5 Å². The summed E-state index contributed by atoms with van der Waals surface area (Å²) in [6.07, 6.45) is 0. The van der Waals surface area contributed by atoms with E-state index in [0.717, 1.165) is 0 Å². The van der Waals surface area contributed by atoms with Crippen molar-refractivity contribution < 1.29 is 0 Å². The van der Waals surface area contributed by atoms with Crippen LogP contribution in [0.3, 0.4) is 0 Å². The van der Waals surface area contributed by atoms with E-state index in [1.54, 1.807) is 0 Å². The molecule has 2 heteroatoms. The molecular formula is C73H56N2. The number of nitrogens with zero attached hydrogens (tertiary/aromatic N) is 2. The summed E-state index contributed by atoms with van der Waals surface area (Å²) >= 11 is 0. The third-order valence-corrected chi connectivity index (χ3v) is 17.7. The molecule has 12 aromatic rings. The molecule has 0 N–H and O–H groups in total. The zero-order valence-corrected chi connectivity index (χ0v) is 43.3. The Kier molecular flexibility index (Phi) is 9.15. The summed E-state index contributed by atoms with van der Waals surface area (Å²) in [5.74, 6) is 0. The quantitative estimate of drug-likeness (QED) is 0.157. The number of fused-ring (bicyclic) bond motifs is 13. The van der Waals surface area contributed by atoms with E-state index in [4.69, 9.17) is 0 Å². The Morgan fingerprint density at radius 1 is 0.267 bits per heavy atom. The fourth-order valence-corrected chi connectivity index (χ4v) is 14.3. The Morgan fingerprint density at radius 2 is 0.587 bits per heavy atom. The molecule has 15 rings (SSSR count). The van der Waals surface area contributed by atoms with Gasteiger partial charge in [0.1, 0.15) is 0 Å². The highest BCUT2D eigenvalue weighted by Gasteiger charge is 2.44. The third-order valence-electron chi connectivity index (χ3n) is 17.7. The first kappa shape index (κ1) is 43.8. The Bertz CT molecular complexity index is 4050. The minimum Gasteiger partial charge on any atom is -0.309 e. The summed E-state index contributed by atoms with van der Waals surface area (Å²) in [5, 5.41) is 2.61. The van der Waals surface area contributed by atoms with E-state index in [-0.39, 0.29) is 10.8 Å². The van der Waals surface area contributed by atoms with Gasteiger partial charge in [-0.2, -0.15) is 0 Å². The molecule has 2 nitrogen and oxygen atoms in total. The van der Waals surface area contributed by atoms with E-state index in [1.165, 1.54) is 145 Å². The van der Waals surface area contributed by atoms with Crippen molar-refractivity contribution in [1.82, 2.24) is 9.13 Å². The maximum absolute atomic E-state index is 2.59. The highest BCUT2D eigenvalue weighted by molar-refractivity contribution is 6.16. The van der Waals surface area contributed by atoms with Crippen molar-refractivity contribution in [2.45, 2.75) is 57.8 Å². The van der Waals surface area contributed by atoms with Crippen LogP contribution in [-0.2, 0) is 16.2 Å². The number of rotatable bonds is 6. The minimum absolute atomic E-state index is 0.150. The first-order chi connectivity index (χ1) is 36.5. The van der Waals surface area contributed by atoms with Crippen LogP contribution in [0.15, 0.2) is 231 Å². The van der Waals surface area contributed by atoms with Crippen molar-refractivity contribution >= 4 is 21.8 Å². The normalized spacial score (nSPS) is 14.9. The number of aromatic nitrogens is 2. The highest BCUT2D eigenvalue weighted by Crippen LogP contribution is 2.60. The van der Waals surface area contributed by atoms with Gasteiger partial charge in [0.15, 0.2) is 0 Å². The van der Waals surface area contributed by atoms with Gasteiger partial charge in [0.25, 0.3) is 0 Å². The van der Waals surface area contributed by atoms with E-state index >= 15 is 0 Å². The van der Waals surface area contributed by atoms with Gasteiger partial charge in [-0.1, -0.05) is 236 Å². The lowest BCUT2D eigenvalue weighted by molar-refractivity contribution is 0.659. The predicted molar refractivity (Wildman–Crippen MR) is 315 cm³/mol. The highest BCUT2D eigenvalue weighted by atomic mass is 15.0.